The zero-order chi connectivity index (χ0) is 37.0. The number of aromatic nitrogens is 1. The molecule has 276 valence electrons. The lowest BCUT2D eigenvalue weighted by Gasteiger charge is -2.31. The van der Waals surface area contributed by atoms with Gasteiger partial charge in [0.2, 0.25) is 0 Å². The first-order valence-corrected chi connectivity index (χ1v) is 19.4. The van der Waals surface area contributed by atoms with Gasteiger partial charge in [0.1, 0.15) is 22.9 Å². The number of carbonyl (C=O) groups excluding carboxylic acids is 1. The van der Waals surface area contributed by atoms with Crippen molar-refractivity contribution in [3.05, 3.63) is 47.4 Å². The van der Waals surface area contributed by atoms with Gasteiger partial charge in [0.05, 0.1) is 11.4 Å². The van der Waals surface area contributed by atoms with Gasteiger partial charge >= 0.3 is 32.6 Å². The Morgan fingerprint density at radius 3 is 1.66 bits per heavy atom. The fraction of sp³-hybridized carbons (Fsp3) is 0.594. The van der Waals surface area contributed by atoms with E-state index in [1.807, 2.05) is 0 Å². The third-order valence-electron chi connectivity index (χ3n) is 9.28. The highest BCUT2D eigenvalue weighted by atomic mass is 32.2. The molecule has 0 bridgehead atoms. The number of pyridine rings is 1. The summed E-state index contributed by atoms with van der Waals surface area (Å²) in [5, 5.41) is 11.5. The second-order valence-corrected chi connectivity index (χ2v) is 16.0. The summed E-state index contributed by atoms with van der Waals surface area (Å²) in [5.74, 6) is -1.25. The van der Waals surface area contributed by atoms with E-state index in [2.05, 4.69) is 32.9 Å². The summed E-state index contributed by atoms with van der Waals surface area (Å²) in [7, 11) is -8.02. The first-order valence-electron chi connectivity index (χ1n) is 16.6. The van der Waals surface area contributed by atoms with Crippen molar-refractivity contribution in [2.75, 3.05) is 18.4 Å². The lowest BCUT2D eigenvalue weighted by molar-refractivity contribution is -0.141. The van der Waals surface area contributed by atoms with Crippen LogP contribution in [0.4, 0.5) is 19.0 Å². The molecule has 0 spiro atoms. The Morgan fingerprint density at radius 1 is 0.800 bits per heavy atom. The number of allylic oxidation sites excluding steroid dienone is 2. The van der Waals surface area contributed by atoms with E-state index in [4.69, 9.17) is 0 Å². The van der Waals surface area contributed by atoms with Gasteiger partial charge in [0.25, 0.3) is 5.91 Å². The number of amides is 1. The number of anilines is 1. The van der Waals surface area contributed by atoms with Crippen LogP contribution in [0.15, 0.2) is 50.5 Å². The largest absolute Gasteiger partial charge is 0.477 e. The van der Waals surface area contributed by atoms with Crippen LogP contribution < -0.4 is 5.32 Å². The highest BCUT2D eigenvalue weighted by Gasteiger charge is 2.37. The lowest BCUT2D eigenvalue weighted by Crippen LogP contribution is -2.39. The van der Waals surface area contributed by atoms with Crippen LogP contribution >= 0.6 is 0 Å². The van der Waals surface area contributed by atoms with Gasteiger partial charge in [-0.3, -0.25) is 4.79 Å². The normalized spacial score (nSPS) is 26.3. The van der Waals surface area contributed by atoms with Gasteiger partial charge < -0.3 is 10.4 Å². The highest BCUT2D eigenvalue weighted by molar-refractivity contribution is 7.88. The van der Waals surface area contributed by atoms with E-state index in [1.165, 1.54) is 18.2 Å². The minimum Gasteiger partial charge on any atom is -0.477 e. The van der Waals surface area contributed by atoms with Crippen LogP contribution in [0.25, 0.3) is 0 Å². The molecule has 2 aliphatic heterocycles. The fourth-order valence-electron chi connectivity index (χ4n) is 6.44. The summed E-state index contributed by atoms with van der Waals surface area (Å²) in [4.78, 5) is 27.5. The van der Waals surface area contributed by atoms with Gasteiger partial charge in [-0.15, -0.1) is 8.80 Å². The van der Waals surface area contributed by atoms with E-state index in [1.54, 1.807) is 13.8 Å². The summed E-state index contributed by atoms with van der Waals surface area (Å²) in [5.41, 5.74) is -0.819. The van der Waals surface area contributed by atoms with E-state index in [0.717, 1.165) is 72.1 Å². The van der Waals surface area contributed by atoms with Crippen molar-refractivity contribution >= 4 is 49.5 Å². The number of hydrogen-bond acceptors (Lipinski definition) is 7. The van der Waals surface area contributed by atoms with E-state index in [9.17, 15) is 44.7 Å². The molecule has 50 heavy (non-hydrogen) atoms. The molecular weight excluding hydrogens is 702 g/mol. The zero-order valence-corrected chi connectivity index (χ0v) is 30.0. The highest BCUT2D eigenvalue weighted by Crippen LogP contribution is 2.34. The lowest BCUT2D eigenvalue weighted by atomic mass is 9.80. The molecule has 3 heterocycles. The number of likely N-dealkylation sites (N-methyl/N-ethyl adjacent to an activating group) is 2. The Bertz CT molecular complexity index is 1790. The minimum atomic E-state index is -4.67. The molecule has 2 aliphatic carbocycles. The summed E-state index contributed by atoms with van der Waals surface area (Å²) in [6.45, 7) is 7.47. The second-order valence-electron chi connectivity index (χ2n) is 13.0. The van der Waals surface area contributed by atoms with Gasteiger partial charge in [-0.2, -0.15) is 30.0 Å². The number of alkyl halides is 3. The maximum absolute atomic E-state index is 12.9. The number of halogens is 3. The van der Waals surface area contributed by atoms with Crippen molar-refractivity contribution in [1.82, 2.24) is 13.6 Å². The molecule has 0 atom stereocenters. The molecule has 0 saturated heterocycles. The van der Waals surface area contributed by atoms with Crippen LogP contribution in [0.1, 0.15) is 84.8 Å². The zero-order valence-electron chi connectivity index (χ0n) is 28.4. The number of carboxylic acids is 1. The Morgan fingerprint density at radius 2 is 1.24 bits per heavy atom. The molecule has 1 aromatic heterocycles. The van der Waals surface area contributed by atoms with E-state index >= 15 is 0 Å². The first kappa shape index (κ1) is 39.0. The molecule has 2 saturated carbocycles. The topological polar surface area (TPSA) is 179 Å². The minimum absolute atomic E-state index is 0.0455. The van der Waals surface area contributed by atoms with E-state index in [0.29, 0.717) is 23.3 Å². The number of nitrogens with one attached hydrogen (secondary N) is 1. The van der Waals surface area contributed by atoms with Crippen molar-refractivity contribution in [2.24, 2.45) is 32.5 Å². The van der Waals surface area contributed by atoms with Crippen LogP contribution in [-0.2, 0) is 36.2 Å². The number of carbonyl (C=O) groups is 2. The molecule has 1 aromatic rings. The van der Waals surface area contributed by atoms with Crippen molar-refractivity contribution in [3.63, 3.8) is 0 Å². The number of aliphatic carboxylic acids is 1. The van der Waals surface area contributed by atoms with Gasteiger partial charge in [0.15, 0.2) is 0 Å². The van der Waals surface area contributed by atoms with Crippen LogP contribution in [-0.4, -0.2) is 71.9 Å². The van der Waals surface area contributed by atoms with E-state index < -0.39 is 44.2 Å². The number of hydrogen-bond donors (Lipinski definition) is 2. The van der Waals surface area contributed by atoms with Crippen LogP contribution in [0.2, 0.25) is 0 Å². The van der Waals surface area contributed by atoms with Crippen molar-refractivity contribution in [2.45, 2.75) is 85.2 Å². The quantitative estimate of drug-likeness (QED) is 0.364. The molecule has 18 heteroatoms. The Hall–Kier alpha value is -3.80. The maximum Gasteiger partial charge on any atom is 0.433 e. The summed E-state index contributed by atoms with van der Waals surface area (Å²) in [6.07, 6.45) is 5.37. The second kappa shape index (κ2) is 15.6. The number of carboxylic acid groups (broad SMARTS) is 1. The smallest absolute Gasteiger partial charge is 0.433 e. The Balaban J connectivity index is 0.000000244. The molecule has 0 radical (unpaired) electrons. The van der Waals surface area contributed by atoms with Gasteiger partial charge in [-0.1, -0.05) is 45.6 Å². The third kappa shape index (κ3) is 9.30. The van der Waals surface area contributed by atoms with Gasteiger partial charge in [-0.25, -0.2) is 18.4 Å². The maximum atomic E-state index is 12.9. The molecule has 2 fully saturated rings. The average molecular weight is 745 g/mol. The molecular formula is C32H43F3N6O7S2. The predicted octanol–water partition coefficient (Wildman–Crippen LogP) is 5.57. The molecule has 0 unspecified atom stereocenters. The van der Waals surface area contributed by atoms with Crippen LogP contribution in [0.3, 0.4) is 0 Å². The van der Waals surface area contributed by atoms with Crippen molar-refractivity contribution < 1.29 is 44.7 Å². The SMILES string of the molecule is CCN1C(C(=O)Nc2cccc(C(F)(F)F)n2)=CC(C2CCC(C)CC2)=NS1(=O)=O.CCN1C(C(=O)O)=CC(C2CCC(C)CC2)=NS1(=O)=O. The molecule has 5 rings (SSSR count). The first-order chi connectivity index (χ1) is 23.4. The molecule has 0 aromatic carbocycles. The Labute approximate surface area is 290 Å². The van der Waals surface area contributed by atoms with Crippen molar-refractivity contribution in [3.8, 4) is 0 Å². The monoisotopic (exact) mass is 744 g/mol. The third-order valence-corrected chi connectivity index (χ3v) is 12.2. The van der Waals surface area contributed by atoms with Crippen LogP contribution in [0.5, 0.6) is 0 Å². The molecule has 4 aliphatic rings. The fourth-order valence-corrected chi connectivity index (χ4v) is 8.99. The Kier molecular flexibility index (Phi) is 12.2. The van der Waals surface area contributed by atoms with E-state index in [-0.39, 0.29) is 42.1 Å². The van der Waals surface area contributed by atoms with Gasteiger partial charge in [-0.05, 0) is 75.7 Å². The molecule has 13 nitrogen and oxygen atoms in total. The summed E-state index contributed by atoms with van der Waals surface area (Å²) in [6, 6.07) is 3.11. The number of nitrogens with zero attached hydrogens (tertiary/aromatic N) is 5. The molecule has 2 N–H and O–H groups in total. The number of rotatable bonds is 7. The predicted molar refractivity (Wildman–Crippen MR) is 181 cm³/mol. The molecule has 1 amide bonds. The summed E-state index contributed by atoms with van der Waals surface area (Å²) >= 11 is 0. The summed E-state index contributed by atoms with van der Waals surface area (Å²) < 4.78 is 97.4. The standard InChI is InChI=1S/C19H23F3N4O3S.C13H20N2O4S/c1-3-26-15(18(27)24-17-6-4-5-16(23-17)19(20,21)22)11-14(25-30(26,28)29)13-9-7-12(2)8-10-13;1-3-15-12(13(16)17)8-11(14-20(15,18)19)10-6-4-9(2)5-7-10/h4-6,11-13H,3,7-10H2,1-2H3,(H,23,24,27);8-10H,3-7H2,1-2H3,(H,16,17). The van der Waals surface area contributed by atoms with Gasteiger partial charge in [0, 0.05) is 24.9 Å². The van der Waals surface area contributed by atoms with Crippen LogP contribution in [0, 0.1) is 23.7 Å². The average Bonchev–Trinajstić information content (AvgIpc) is 3.04. The van der Waals surface area contributed by atoms with Crippen molar-refractivity contribution in [1.29, 1.82) is 0 Å².